The number of carbonyl (C=O) groups is 2. The Hall–Kier alpha value is -1.10. The molecule has 0 aliphatic heterocycles. The van der Waals surface area contributed by atoms with Gasteiger partial charge in [0.1, 0.15) is 0 Å². The average molecular weight is 286 g/mol. The molecule has 1 unspecified atom stereocenters. The molecule has 1 amide bonds. The van der Waals surface area contributed by atoms with Crippen LogP contribution in [0.3, 0.4) is 0 Å². The van der Waals surface area contributed by atoms with Crippen LogP contribution in [0.15, 0.2) is 0 Å². The summed E-state index contributed by atoms with van der Waals surface area (Å²) in [5, 5.41) is 2.98. The van der Waals surface area contributed by atoms with Gasteiger partial charge in [0.25, 0.3) is 0 Å². The highest BCUT2D eigenvalue weighted by Gasteiger charge is 2.14. The fourth-order valence-corrected chi connectivity index (χ4v) is 1.96. The number of amides is 1. The quantitative estimate of drug-likeness (QED) is 0.466. The van der Waals surface area contributed by atoms with E-state index in [1.165, 1.54) is 12.8 Å². The predicted molar refractivity (Wildman–Crippen MR) is 80.5 cm³/mol. The predicted octanol–water partition coefficient (Wildman–Crippen LogP) is 1.96. The largest absolute Gasteiger partial charge is 0.465 e. The summed E-state index contributed by atoms with van der Waals surface area (Å²) in [6.45, 7) is 9.33. The lowest BCUT2D eigenvalue weighted by atomic mass is 10.1. The van der Waals surface area contributed by atoms with Gasteiger partial charge in [0.2, 0.25) is 5.91 Å². The minimum atomic E-state index is -0.279. The zero-order valence-corrected chi connectivity index (χ0v) is 13.4. The molecule has 0 fully saturated rings. The lowest BCUT2D eigenvalue weighted by Crippen LogP contribution is -2.42. The maximum atomic E-state index is 11.9. The summed E-state index contributed by atoms with van der Waals surface area (Å²) in [5.74, 6) is -0.307. The Morgan fingerprint density at radius 2 is 1.85 bits per heavy atom. The van der Waals surface area contributed by atoms with E-state index < -0.39 is 0 Å². The van der Waals surface area contributed by atoms with E-state index in [0.717, 1.165) is 12.8 Å². The van der Waals surface area contributed by atoms with Gasteiger partial charge in [-0.1, -0.05) is 33.1 Å². The number of rotatable bonds is 11. The Labute approximate surface area is 123 Å². The van der Waals surface area contributed by atoms with Gasteiger partial charge < -0.3 is 10.1 Å². The normalized spacial score (nSPS) is 12.2. The molecule has 0 rings (SSSR count). The van der Waals surface area contributed by atoms with Crippen LogP contribution < -0.4 is 5.32 Å². The van der Waals surface area contributed by atoms with E-state index in [1.54, 1.807) is 11.8 Å². The van der Waals surface area contributed by atoms with Gasteiger partial charge in [-0.2, -0.15) is 0 Å². The van der Waals surface area contributed by atoms with Crippen molar-refractivity contribution in [2.45, 2.75) is 59.4 Å². The molecule has 0 aromatic rings. The first-order valence-electron chi connectivity index (χ1n) is 7.70. The molecule has 0 radical (unpaired) electrons. The molecule has 0 aliphatic rings. The third-order valence-electron chi connectivity index (χ3n) is 3.12. The molecule has 0 bridgehead atoms. The summed E-state index contributed by atoms with van der Waals surface area (Å²) in [5.41, 5.74) is 0. The summed E-state index contributed by atoms with van der Waals surface area (Å²) < 4.78 is 4.89. The number of nitrogens with zero attached hydrogens (tertiary/aromatic N) is 1. The molecular formula is C15H30N2O3. The minimum Gasteiger partial charge on any atom is -0.465 e. The van der Waals surface area contributed by atoms with Crippen LogP contribution in [0.1, 0.15) is 53.4 Å². The first-order valence-corrected chi connectivity index (χ1v) is 7.70. The molecule has 0 aromatic heterocycles. The molecule has 0 saturated heterocycles. The molecule has 1 atom stereocenters. The highest BCUT2D eigenvalue weighted by atomic mass is 16.5. The monoisotopic (exact) mass is 286 g/mol. The van der Waals surface area contributed by atoms with E-state index in [9.17, 15) is 9.59 Å². The van der Waals surface area contributed by atoms with Gasteiger partial charge in [-0.25, -0.2) is 0 Å². The fraction of sp³-hybridized carbons (Fsp3) is 0.867. The van der Waals surface area contributed by atoms with Crippen molar-refractivity contribution in [3.05, 3.63) is 0 Å². The number of unbranched alkanes of at least 4 members (excludes halogenated alkanes) is 2. The highest BCUT2D eigenvalue weighted by molar-refractivity contribution is 5.79. The number of hydrogen-bond donors (Lipinski definition) is 1. The van der Waals surface area contributed by atoms with E-state index in [-0.39, 0.29) is 31.0 Å². The topological polar surface area (TPSA) is 58.6 Å². The molecule has 5 heteroatoms. The lowest BCUT2D eigenvalue weighted by molar-refractivity contribution is -0.144. The molecule has 118 valence electrons. The average Bonchev–Trinajstić information content (AvgIpc) is 2.38. The second-order valence-corrected chi connectivity index (χ2v) is 5.07. The molecular weight excluding hydrogens is 256 g/mol. The fourth-order valence-electron chi connectivity index (χ4n) is 1.96. The zero-order valence-electron chi connectivity index (χ0n) is 13.4. The highest BCUT2D eigenvalue weighted by Crippen LogP contribution is 2.02. The van der Waals surface area contributed by atoms with Crippen LogP contribution in [-0.2, 0) is 14.3 Å². The Balaban J connectivity index is 3.98. The minimum absolute atomic E-state index is 0.0276. The molecule has 20 heavy (non-hydrogen) atoms. The van der Waals surface area contributed by atoms with E-state index >= 15 is 0 Å². The Morgan fingerprint density at radius 1 is 1.15 bits per heavy atom. The SMILES string of the molecule is CCCCCC(C)NC(=O)CN(CC)CC(=O)OCC. The molecule has 0 saturated carbocycles. The van der Waals surface area contributed by atoms with Gasteiger partial charge in [-0.15, -0.1) is 0 Å². The van der Waals surface area contributed by atoms with Crippen molar-refractivity contribution < 1.29 is 14.3 Å². The van der Waals surface area contributed by atoms with Crippen molar-refractivity contribution in [3.8, 4) is 0 Å². The number of nitrogens with one attached hydrogen (secondary N) is 1. The van der Waals surface area contributed by atoms with E-state index in [0.29, 0.717) is 13.2 Å². The lowest BCUT2D eigenvalue weighted by Gasteiger charge is -2.20. The van der Waals surface area contributed by atoms with Gasteiger partial charge in [0.05, 0.1) is 19.7 Å². The van der Waals surface area contributed by atoms with Crippen LogP contribution in [-0.4, -0.2) is 49.1 Å². The van der Waals surface area contributed by atoms with Gasteiger partial charge in [-0.05, 0) is 26.8 Å². The molecule has 5 nitrogen and oxygen atoms in total. The van der Waals surface area contributed by atoms with Crippen LogP contribution in [0.4, 0.5) is 0 Å². The van der Waals surface area contributed by atoms with Crippen molar-refractivity contribution in [2.75, 3.05) is 26.2 Å². The van der Waals surface area contributed by atoms with Gasteiger partial charge in [-0.3, -0.25) is 14.5 Å². The molecule has 0 aliphatic carbocycles. The number of hydrogen-bond acceptors (Lipinski definition) is 4. The summed E-state index contributed by atoms with van der Waals surface area (Å²) >= 11 is 0. The van der Waals surface area contributed by atoms with E-state index in [2.05, 4.69) is 12.2 Å². The number of carbonyl (C=O) groups excluding carboxylic acids is 2. The summed E-state index contributed by atoms with van der Waals surface area (Å²) in [4.78, 5) is 25.1. The van der Waals surface area contributed by atoms with Crippen molar-refractivity contribution in [2.24, 2.45) is 0 Å². The first-order chi connectivity index (χ1) is 9.53. The first kappa shape index (κ1) is 18.9. The molecule has 1 N–H and O–H groups in total. The Morgan fingerprint density at radius 3 is 2.40 bits per heavy atom. The van der Waals surface area contributed by atoms with Gasteiger partial charge in [0.15, 0.2) is 0 Å². The van der Waals surface area contributed by atoms with E-state index in [1.807, 2.05) is 13.8 Å². The van der Waals surface area contributed by atoms with Crippen LogP contribution in [0.2, 0.25) is 0 Å². The zero-order chi connectivity index (χ0) is 15.4. The second kappa shape index (κ2) is 11.7. The third kappa shape index (κ3) is 9.78. The molecule has 0 spiro atoms. The van der Waals surface area contributed by atoms with E-state index in [4.69, 9.17) is 4.74 Å². The number of esters is 1. The van der Waals surface area contributed by atoms with Crippen molar-refractivity contribution in [1.29, 1.82) is 0 Å². The smallest absolute Gasteiger partial charge is 0.320 e. The molecule has 0 aromatic carbocycles. The molecule has 0 heterocycles. The van der Waals surface area contributed by atoms with Gasteiger partial charge in [0, 0.05) is 6.04 Å². The maximum Gasteiger partial charge on any atom is 0.320 e. The van der Waals surface area contributed by atoms with Crippen molar-refractivity contribution >= 4 is 11.9 Å². The summed E-state index contributed by atoms with van der Waals surface area (Å²) in [6, 6.07) is 0.190. The number of ether oxygens (including phenoxy) is 1. The van der Waals surface area contributed by atoms with Crippen LogP contribution in [0.25, 0.3) is 0 Å². The van der Waals surface area contributed by atoms with Crippen molar-refractivity contribution in [1.82, 2.24) is 10.2 Å². The third-order valence-corrected chi connectivity index (χ3v) is 3.12. The Kier molecular flexibility index (Phi) is 11.1. The standard InChI is InChI=1S/C15H30N2O3/c1-5-8-9-10-13(4)16-14(18)11-17(6-2)12-15(19)20-7-3/h13H,5-12H2,1-4H3,(H,16,18). The summed E-state index contributed by atoms with van der Waals surface area (Å²) in [6.07, 6.45) is 4.52. The second-order valence-electron chi connectivity index (χ2n) is 5.07. The maximum absolute atomic E-state index is 11.9. The van der Waals surface area contributed by atoms with Crippen LogP contribution >= 0.6 is 0 Å². The van der Waals surface area contributed by atoms with Crippen LogP contribution in [0, 0.1) is 0 Å². The number of likely N-dealkylation sites (N-methyl/N-ethyl adjacent to an activating group) is 1. The summed E-state index contributed by atoms with van der Waals surface area (Å²) in [7, 11) is 0. The van der Waals surface area contributed by atoms with Gasteiger partial charge >= 0.3 is 5.97 Å². The van der Waals surface area contributed by atoms with Crippen LogP contribution in [0.5, 0.6) is 0 Å². The Bertz CT molecular complexity index is 282. The van der Waals surface area contributed by atoms with Crippen molar-refractivity contribution in [3.63, 3.8) is 0 Å².